The van der Waals surface area contributed by atoms with E-state index in [0.717, 1.165) is 48.4 Å². The van der Waals surface area contributed by atoms with Gasteiger partial charge in [-0.3, -0.25) is 0 Å². The Morgan fingerprint density at radius 3 is 2.67 bits per heavy atom. The third kappa shape index (κ3) is 3.62. The first-order valence-corrected chi connectivity index (χ1v) is 7.98. The van der Waals surface area contributed by atoms with Gasteiger partial charge in [-0.25, -0.2) is 0 Å². The summed E-state index contributed by atoms with van der Waals surface area (Å²) >= 11 is 0. The summed E-state index contributed by atoms with van der Waals surface area (Å²) in [5, 5.41) is 3.47. The Morgan fingerprint density at radius 1 is 1.24 bits per heavy atom. The monoisotopic (exact) mass is 291 g/mol. The molecule has 1 aromatic carbocycles. The molecule has 1 heterocycles. The maximum atomic E-state index is 6.05. The average molecular weight is 291 g/mol. The van der Waals surface area contributed by atoms with Crippen molar-refractivity contribution in [3.8, 4) is 17.2 Å². The number of benzene rings is 1. The van der Waals surface area contributed by atoms with Gasteiger partial charge in [0.15, 0.2) is 11.5 Å². The molecule has 2 aliphatic rings. The summed E-state index contributed by atoms with van der Waals surface area (Å²) in [4.78, 5) is 0. The molecule has 1 fully saturated rings. The van der Waals surface area contributed by atoms with Gasteiger partial charge in [0.2, 0.25) is 6.79 Å². The fourth-order valence-electron chi connectivity index (χ4n) is 2.60. The molecule has 0 aromatic heterocycles. The van der Waals surface area contributed by atoms with E-state index >= 15 is 0 Å². The molecule has 0 unspecified atom stereocenters. The molecule has 0 atom stereocenters. The van der Waals surface area contributed by atoms with Crippen molar-refractivity contribution in [3.63, 3.8) is 0 Å². The minimum atomic E-state index is 0.306. The van der Waals surface area contributed by atoms with E-state index in [2.05, 4.69) is 19.2 Å². The van der Waals surface area contributed by atoms with Gasteiger partial charge in [0.1, 0.15) is 5.75 Å². The summed E-state index contributed by atoms with van der Waals surface area (Å²) in [5.41, 5.74) is 1.15. The summed E-state index contributed by atoms with van der Waals surface area (Å²) < 4.78 is 17.0. The van der Waals surface area contributed by atoms with Crippen LogP contribution < -0.4 is 19.5 Å². The van der Waals surface area contributed by atoms with Crippen LogP contribution in [0.3, 0.4) is 0 Å². The predicted octanol–water partition coefficient (Wildman–Crippen LogP) is 3.34. The second-order valence-electron chi connectivity index (χ2n) is 6.45. The Bertz CT molecular complexity index is 483. The van der Waals surface area contributed by atoms with Crippen molar-refractivity contribution in [2.45, 2.75) is 39.7 Å². The molecule has 0 radical (unpaired) electrons. The quantitative estimate of drug-likeness (QED) is 0.836. The zero-order valence-electron chi connectivity index (χ0n) is 13.0. The molecule has 3 rings (SSSR count). The zero-order valence-corrected chi connectivity index (χ0v) is 13.0. The number of hydrogen-bond donors (Lipinski definition) is 1. The van der Waals surface area contributed by atoms with Gasteiger partial charge in [-0.1, -0.05) is 20.3 Å². The molecule has 116 valence electrons. The van der Waals surface area contributed by atoms with Crippen LogP contribution in [0.1, 0.15) is 38.7 Å². The maximum Gasteiger partial charge on any atom is 0.231 e. The van der Waals surface area contributed by atoms with Crippen molar-refractivity contribution in [1.82, 2.24) is 5.32 Å². The lowest BCUT2D eigenvalue weighted by Crippen LogP contribution is -2.21. The second kappa shape index (κ2) is 6.56. The molecule has 0 amide bonds. The first-order valence-electron chi connectivity index (χ1n) is 7.98. The Labute approximate surface area is 126 Å². The van der Waals surface area contributed by atoms with Crippen molar-refractivity contribution >= 4 is 0 Å². The van der Waals surface area contributed by atoms with E-state index in [9.17, 15) is 0 Å². The summed E-state index contributed by atoms with van der Waals surface area (Å²) in [6.07, 6.45) is 3.94. The Hall–Kier alpha value is -1.42. The maximum absolute atomic E-state index is 6.05. The summed E-state index contributed by atoms with van der Waals surface area (Å²) in [6.45, 7) is 7.34. The highest BCUT2D eigenvalue weighted by molar-refractivity contribution is 5.51. The van der Waals surface area contributed by atoms with Crippen LogP contribution in [-0.4, -0.2) is 19.9 Å². The van der Waals surface area contributed by atoms with Crippen molar-refractivity contribution in [2.75, 3.05) is 19.9 Å². The van der Waals surface area contributed by atoms with Gasteiger partial charge < -0.3 is 19.5 Å². The van der Waals surface area contributed by atoms with Crippen LogP contribution in [0.4, 0.5) is 0 Å². The number of ether oxygens (including phenoxy) is 3. The van der Waals surface area contributed by atoms with E-state index in [-0.39, 0.29) is 0 Å². The number of rotatable bonds is 7. The third-order valence-electron chi connectivity index (χ3n) is 4.12. The van der Waals surface area contributed by atoms with E-state index in [1.807, 2.05) is 12.1 Å². The van der Waals surface area contributed by atoms with Crippen molar-refractivity contribution in [3.05, 3.63) is 17.7 Å². The molecule has 1 N–H and O–H groups in total. The molecule has 1 saturated carbocycles. The number of fused-ring (bicyclic) bond motifs is 1. The SMILES string of the molecule is CC(C)CNCc1cc2c(cc1OCC1CCC1)OCO2. The summed E-state index contributed by atoms with van der Waals surface area (Å²) in [7, 11) is 0. The van der Waals surface area contributed by atoms with E-state index < -0.39 is 0 Å². The van der Waals surface area contributed by atoms with Gasteiger partial charge in [0.25, 0.3) is 0 Å². The molecule has 0 bridgehead atoms. The minimum absolute atomic E-state index is 0.306. The Morgan fingerprint density at radius 2 is 2.00 bits per heavy atom. The molecule has 4 heteroatoms. The van der Waals surface area contributed by atoms with Crippen LogP contribution in [0, 0.1) is 11.8 Å². The van der Waals surface area contributed by atoms with Gasteiger partial charge >= 0.3 is 0 Å². The standard InChI is InChI=1S/C17H25NO3/c1-12(2)8-18-9-14-6-16-17(21-11-20-16)7-15(14)19-10-13-4-3-5-13/h6-7,12-13,18H,3-5,8-11H2,1-2H3. The molecule has 0 saturated heterocycles. The highest BCUT2D eigenvalue weighted by Gasteiger charge is 2.21. The summed E-state index contributed by atoms with van der Waals surface area (Å²) in [5.74, 6) is 3.92. The first-order chi connectivity index (χ1) is 10.2. The largest absolute Gasteiger partial charge is 0.493 e. The molecule has 0 spiro atoms. The fraction of sp³-hybridized carbons (Fsp3) is 0.647. The number of hydrogen-bond acceptors (Lipinski definition) is 4. The van der Waals surface area contributed by atoms with Gasteiger partial charge in [0.05, 0.1) is 6.61 Å². The Kier molecular flexibility index (Phi) is 4.54. The van der Waals surface area contributed by atoms with Crippen molar-refractivity contribution in [1.29, 1.82) is 0 Å². The zero-order chi connectivity index (χ0) is 14.7. The lowest BCUT2D eigenvalue weighted by Gasteiger charge is -2.26. The van der Waals surface area contributed by atoms with Gasteiger partial charge in [-0.15, -0.1) is 0 Å². The van der Waals surface area contributed by atoms with Gasteiger partial charge in [-0.2, -0.15) is 0 Å². The molecule has 21 heavy (non-hydrogen) atoms. The fourth-order valence-corrected chi connectivity index (χ4v) is 2.60. The third-order valence-corrected chi connectivity index (χ3v) is 4.12. The van der Waals surface area contributed by atoms with Crippen LogP contribution in [0.15, 0.2) is 12.1 Å². The van der Waals surface area contributed by atoms with Gasteiger partial charge in [-0.05, 0) is 37.3 Å². The first kappa shape index (κ1) is 14.5. The molecular formula is C17H25NO3. The van der Waals surface area contributed by atoms with Gasteiger partial charge in [0, 0.05) is 18.2 Å². The van der Waals surface area contributed by atoms with Crippen molar-refractivity contribution in [2.24, 2.45) is 11.8 Å². The van der Waals surface area contributed by atoms with E-state index in [1.165, 1.54) is 19.3 Å². The molecular weight excluding hydrogens is 266 g/mol. The van der Waals surface area contributed by atoms with Crippen LogP contribution in [-0.2, 0) is 6.54 Å². The van der Waals surface area contributed by atoms with Crippen LogP contribution >= 0.6 is 0 Å². The topological polar surface area (TPSA) is 39.7 Å². The van der Waals surface area contributed by atoms with Crippen LogP contribution in [0.2, 0.25) is 0 Å². The normalized spacial score (nSPS) is 17.1. The highest BCUT2D eigenvalue weighted by atomic mass is 16.7. The molecule has 1 aliphatic heterocycles. The van der Waals surface area contributed by atoms with E-state index in [4.69, 9.17) is 14.2 Å². The molecule has 4 nitrogen and oxygen atoms in total. The average Bonchev–Trinajstić information content (AvgIpc) is 2.83. The lowest BCUT2D eigenvalue weighted by atomic mass is 9.86. The molecule has 1 aliphatic carbocycles. The lowest BCUT2D eigenvalue weighted by molar-refractivity contribution is 0.172. The molecule has 1 aromatic rings. The Balaban J connectivity index is 1.68. The van der Waals surface area contributed by atoms with Crippen LogP contribution in [0.25, 0.3) is 0 Å². The second-order valence-corrected chi connectivity index (χ2v) is 6.45. The smallest absolute Gasteiger partial charge is 0.231 e. The van der Waals surface area contributed by atoms with Crippen molar-refractivity contribution < 1.29 is 14.2 Å². The summed E-state index contributed by atoms with van der Waals surface area (Å²) in [6, 6.07) is 4.03. The van der Waals surface area contributed by atoms with E-state index in [0.29, 0.717) is 12.7 Å². The van der Waals surface area contributed by atoms with E-state index in [1.54, 1.807) is 0 Å². The van der Waals surface area contributed by atoms with Crippen LogP contribution in [0.5, 0.6) is 17.2 Å². The number of nitrogens with one attached hydrogen (secondary N) is 1. The minimum Gasteiger partial charge on any atom is -0.493 e. The predicted molar refractivity (Wildman–Crippen MR) is 81.9 cm³/mol. The highest BCUT2D eigenvalue weighted by Crippen LogP contribution is 2.39.